The lowest BCUT2D eigenvalue weighted by molar-refractivity contribution is 0.208. The van der Waals surface area contributed by atoms with Gasteiger partial charge in [-0.15, -0.1) is 0 Å². The fraction of sp³-hybridized carbons (Fsp3) is 0.750. The van der Waals surface area contributed by atoms with Gasteiger partial charge in [-0.3, -0.25) is 0 Å². The first-order chi connectivity index (χ1) is 7.23. The predicted molar refractivity (Wildman–Crippen MR) is 61.2 cm³/mol. The Morgan fingerprint density at radius 2 is 1.93 bits per heavy atom. The lowest BCUT2D eigenvalue weighted by atomic mass is 9.82. The quantitative estimate of drug-likeness (QED) is 0.705. The number of nitrogens with one attached hydrogen (secondary N) is 1. The molecule has 0 bridgehead atoms. The highest BCUT2D eigenvalue weighted by Crippen LogP contribution is 2.42. The van der Waals surface area contributed by atoms with Crippen molar-refractivity contribution in [2.45, 2.75) is 51.5 Å². The first-order valence-corrected chi connectivity index (χ1v) is 6.04. The van der Waals surface area contributed by atoms with Crippen LogP contribution in [0.15, 0.2) is 0 Å². The van der Waals surface area contributed by atoms with Crippen LogP contribution in [0.3, 0.4) is 0 Å². The van der Waals surface area contributed by atoms with E-state index in [4.69, 9.17) is 5.10 Å². The van der Waals surface area contributed by atoms with E-state index in [2.05, 4.69) is 23.8 Å². The Hall–Kier alpha value is -0.990. The Balaban J connectivity index is 2.06. The maximum Gasteiger partial charge on any atom is 0.128 e. The molecule has 0 aromatic carbocycles. The van der Waals surface area contributed by atoms with Crippen LogP contribution in [0.4, 0.5) is 5.82 Å². The molecule has 1 fully saturated rings. The second-order valence-corrected chi connectivity index (χ2v) is 5.11. The zero-order valence-corrected chi connectivity index (χ0v) is 9.64. The van der Waals surface area contributed by atoms with Crippen molar-refractivity contribution in [1.29, 1.82) is 0 Å². The van der Waals surface area contributed by atoms with Gasteiger partial charge in [0, 0.05) is 12.1 Å². The topological polar surface area (TPSA) is 29.9 Å². The van der Waals surface area contributed by atoms with Crippen LogP contribution in [0.5, 0.6) is 0 Å². The van der Waals surface area contributed by atoms with Gasteiger partial charge in [-0.1, -0.05) is 19.3 Å². The molecule has 3 nitrogen and oxygen atoms in total. The van der Waals surface area contributed by atoms with Gasteiger partial charge in [0.15, 0.2) is 0 Å². The third-order valence-corrected chi connectivity index (χ3v) is 4.18. The Kier molecular flexibility index (Phi) is 1.85. The normalized spacial score (nSPS) is 22.8. The summed E-state index contributed by atoms with van der Waals surface area (Å²) in [6.07, 6.45) is 6.72. The van der Waals surface area contributed by atoms with Crippen molar-refractivity contribution in [3.8, 4) is 0 Å². The van der Waals surface area contributed by atoms with Crippen molar-refractivity contribution in [3.05, 3.63) is 11.3 Å². The van der Waals surface area contributed by atoms with Gasteiger partial charge in [-0.2, -0.15) is 5.10 Å². The molecular formula is C12H19N3. The molecule has 3 rings (SSSR count). The molecule has 1 aliphatic carbocycles. The summed E-state index contributed by atoms with van der Waals surface area (Å²) in [6.45, 7) is 5.37. The smallest absolute Gasteiger partial charge is 0.128 e. The van der Waals surface area contributed by atoms with E-state index in [0.717, 1.165) is 6.54 Å². The van der Waals surface area contributed by atoms with E-state index >= 15 is 0 Å². The fourth-order valence-electron chi connectivity index (χ4n) is 3.08. The number of hydrogen-bond donors (Lipinski definition) is 1. The zero-order chi connectivity index (χ0) is 10.5. The number of aromatic nitrogens is 2. The van der Waals surface area contributed by atoms with E-state index in [0.29, 0.717) is 5.54 Å². The number of hydrogen-bond acceptors (Lipinski definition) is 2. The number of anilines is 1. The summed E-state index contributed by atoms with van der Waals surface area (Å²) in [5.74, 6) is 1.27. The highest BCUT2D eigenvalue weighted by atomic mass is 15.4. The van der Waals surface area contributed by atoms with Crippen molar-refractivity contribution in [2.75, 3.05) is 11.9 Å². The zero-order valence-electron chi connectivity index (χ0n) is 9.64. The van der Waals surface area contributed by atoms with Crippen LogP contribution in [0, 0.1) is 13.8 Å². The molecule has 0 saturated heterocycles. The van der Waals surface area contributed by atoms with Crippen LogP contribution < -0.4 is 5.32 Å². The molecule has 2 aliphatic rings. The van der Waals surface area contributed by atoms with E-state index in [1.165, 1.54) is 49.2 Å². The third-order valence-electron chi connectivity index (χ3n) is 4.18. The molecular weight excluding hydrogens is 186 g/mol. The van der Waals surface area contributed by atoms with Crippen molar-refractivity contribution in [1.82, 2.24) is 9.78 Å². The number of fused-ring (bicyclic) bond motifs is 2. The van der Waals surface area contributed by atoms with Crippen LogP contribution >= 0.6 is 0 Å². The SMILES string of the molecule is Cc1nn2c(c1C)NCC21CCCCC1. The summed E-state index contributed by atoms with van der Waals surface area (Å²) < 4.78 is 2.29. The minimum atomic E-state index is 0.312. The van der Waals surface area contributed by atoms with Gasteiger partial charge in [0.2, 0.25) is 0 Å². The fourth-order valence-corrected chi connectivity index (χ4v) is 3.08. The average Bonchev–Trinajstić information content (AvgIpc) is 2.72. The summed E-state index contributed by atoms with van der Waals surface area (Å²) in [7, 11) is 0. The Bertz CT molecular complexity index is 386. The summed E-state index contributed by atoms with van der Waals surface area (Å²) in [5, 5.41) is 8.27. The first-order valence-electron chi connectivity index (χ1n) is 6.04. The maximum atomic E-state index is 4.72. The third kappa shape index (κ3) is 1.15. The van der Waals surface area contributed by atoms with Gasteiger partial charge in [0.05, 0.1) is 11.2 Å². The molecule has 1 spiro atoms. The molecule has 0 unspecified atom stereocenters. The van der Waals surface area contributed by atoms with E-state index in [9.17, 15) is 0 Å². The summed E-state index contributed by atoms with van der Waals surface area (Å²) in [5.41, 5.74) is 2.83. The van der Waals surface area contributed by atoms with Crippen molar-refractivity contribution < 1.29 is 0 Å². The molecule has 3 heteroatoms. The van der Waals surface area contributed by atoms with Crippen LogP contribution in [-0.2, 0) is 5.54 Å². The van der Waals surface area contributed by atoms with Gasteiger partial charge in [-0.05, 0) is 26.7 Å². The minimum absolute atomic E-state index is 0.312. The summed E-state index contributed by atoms with van der Waals surface area (Å²) in [6, 6.07) is 0. The van der Waals surface area contributed by atoms with E-state index < -0.39 is 0 Å². The van der Waals surface area contributed by atoms with Crippen molar-refractivity contribution >= 4 is 5.82 Å². The van der Waals surface area contributed by atoms with Gasteiger partial charge in [0.1, 0.15) is 5.82 Å². The van der Waals surface area contributed by atoms with Crippen LogP contribution in [-0.4, -0.2) is 16.3 Å². The molecule has 2 heterocycles. The molecule has 1 aromatic rings. The molecule has 82 valence electrons. The minimum Gasteiger partial charge on any atom is -0.368 e. The monoisotopic (exact) mass is 205 g/mol. The number of rotatable bonds is 0. The second-order valence-electron chi connectivity index (χ2n) is 5.11. The van der Waals surface area contributed by atoms with Gasteiger partial charge >= 0.3 is 0 Å². The largest absolute Gasteiger partial charge is 0.368 e. The summed E-state index contributed by atoms with van der Waals surface area (Å²) in [4.78, 5) is 0. The molecule has 1 aliphatic heterocycles. The maximum absolute atomic E-state index is 4.72. The highest BCUT2D eigenvalue weighted by Gasteiger charge is 2.41. The van der Waals surface area contributed by atoms with Crippen LogP contribution in [0.1, 0.15) is 43.4 Å². The molecule has 1 saturated carbocycles. The molecule has 15 heavy (non-hydrogen) atoms. The Morgan fingerprint density at radius 1 is 1.20 bits per heavy atom. The van der Waals surface area contributed by atoms with Crippen molar-refractivity contribution in [3.63, 3.8) is 0 Å². The Morgan fingerprint density at radius 3 is 2.67 bits per heavy atom. The van der Waals surface area contributed by atoms with Crippen LogP contribution in [0.2, 0.25) is 0 Å². The standard InChI is InChI=1S/C12H19N3/c1-9-10(2)14-15-11(9)13-8-12(15)6-4-3-5-7-12/h13H,3-8H2,1-2H3. The van der Waals surface area contributed by atoms with Crippen LogP contribution in [0.25, 0.3) is 0 Å². The number of aryl methyl sites for hydroxylation is 1. The van der Waals surface area contributed by atoms with Gasteiger partial charge < -0.3 is 5.32 Å². The molecule has 1 N–H and O–H groups in total. The van der Waals surface area contributed by atoms with E-state index in [1.54, 1.807) is 0 Å². The second kappa shape index (κ2) is 3.00. The highest BCUT2D eigenvalue weighted by molar-refractivity contribution is 5.51. The molecule has 0 atom stereocenters. The lowest BCUT2D eigenvalue weighted by Gasteiger charge is -2.33. The molecule has 0 radical (unpaired) electrons. The van der Waals surface area contributed by atoms with Crippen molar-refractivity contribution in [2.24, 2.45) is 0 Å². The average molecular weight is 205 g/mol. The van der Waals surface area contributed by atoms with E-state index in [-0.39, 0.29) is 0 Å². The predicted octanol–water partition coefficient (Wildman–Crippen LogP) is 2.58. The first kappa shape index (κ1) is 9.25. The summed E-state index contributed by atoms with van der Waals surface area (Å²) >= 11 is 0. The lowest BCUT2D eigenvalue weighted by Crippen LogP contribution is -2.37. The Labute approximate surface area is 90.9 Å². The number of nitrogens with zero attached hydrogens (tertiary/aromatic N) is 2. The molecule has 1 aromatic heterocycles. The van der Waals surface area contributed by atoms with Gasteiger partial charge in [0.25, 0.3) is 0 Å². The van der Waals surface area contributed by atoms with E-state index in [1.807, 2.05) is 0 Å². The van der Waals surface area contributed by atoms with Gasteiger partial charge in [-0.25, -0.2) is 4.68 Å². The molecule has 0 amide bonds.